The van der Waals surface area contributed by atoms with Crippen molar-refractivity contribution in [3.05, 3.63) is 88.1 Å². The van der Waals surface area contributed by atoms with E-state index in [4.69, 9.17) is 0 Å². The number of non-ortho nitro benzene ring substituents is 1. The van der Waals surface area contributed by atoms with Crippen LogP contribution in [0.5, 0.6) is 0 Å². The Balaban J connectivity index is 1.53. The number of nitrogens with zero attached hydrogens (tertiary/aromatic N) is 5. The topological polar surface area (TPSA) is 148 Å². The van der Waals surface area contributed by atoms with Gasteiger partial charge >= 0.3 is 0 Å². The van der Waals surface area contributed by atoms with E-state index >= 15 is 0 Å². The van der Waals surface area contributed by atoms with Gasteiger partial charge in [0.2, 0.25) is 5.91 Å². The largest absolute Gasteiger partial charge is 0.356 e. The van der Waals surface area contributed by atoms with Crippen LogP contribution in [-0.4, -0.2) is 47.5 Å². The molecule has 0 fully saturated rings. The number of benzene rings is 2. The lowest BCUT2D eigenvalue weighted by molar-refractivity contribution is -0.384. The first-order valence-electron chi connectivity index (χ1n) is 10.6. The molecule has 0 atom stereocenters. The highest BCUT2D eigenvalue weighted by Crippen LogP contribution is 2.22. The van der Waals surface area contributed by atoms with Gasteiger partial charge in [-0.15, -0.1) is 5.10 Å². The minimum atomic E-state index is -3.83. The molecule has 0 bridgehead atoms. The average molecular weight is 497 g/mol. The van der Waals surface area contributed by atoms with Gasteiger partial charge in [0.15, 0.2) is 5.82 Å². The van der Waals surface area contributed by atoms with Crippen LogP contribution >= 0.6 is 0 Å². The number of aromatic nitrogens is 3. The lowest BCUT2D eigenvalue weighted by Gasteiger charge is -2.22. The highest BCUT2D eigenvalue weighted by molar-refractivity contribution is 7.95. The van der Waals surface area contributed by atoms with Crippen LogP contribution in [0.15, 0.2) is 66.7 Å². The Kier molecular flexibility index (Phi) is 8.21. The minimum absolute atomic E-state index is 0.0612. The van der Waals surface area contributed by atoms with Gasteiger partial charge in [-0.1, -0.05) is 30.8 Å². The van der Waals surface area contributed by atoms with Crippen LogP contribution in [0.4, 0.5) is 11.4 Å². The van der Waals surface area contributed by atoms with Gasteiger partial charge in [0, 0.05) is 36.2 Å². The second kappa shape index (κ2) is 11.3. The van der Waals surface area contributed by atoms with Crippen molar-refractivity contribution in [2.45, 2.75) is 19.8 Å². The van der Waals surface area contributed by atoms with E-state index in [1.54, 1.807) is 13.1 Å². The Labute approximate surface area is 202 Å². The molecule has 182 valence electrons. The summed E-state index contributed by atoms with van der Waals surface area (Å²) in [6, 6.07) is 12.4. The van der Waals surface area contributed by atoms with Crippen molar-refractivity contribution in [3.63, 3.8) is 0 Å². The summed E-state index contributed by atoms with van der Waals surface area (Å²) in [7, 11) is -3.83. The predicted octanol–water partition coefficient (Wildman–Crippen LogP) is 2.78. The van der Waals surface area contributed by atoms with E-state index in [0.717, 1.165) is 26.5 Å². The number of nitro benzene ring substituents is 1. The lowest BCUT2D eigenvalue weighted by Crippen LogP contribution is -2.33. The molecule has 12 heteroatoms. The number of amides is 1. The Morgan fingerprint density at radius 1 is 1.14 bits per heavy atom. The number of nitro groups is 1. The van der Waals surface area contributed by atoms with Gasteiger partial charge in [-0.05, 0) is 31.0 Å². The number of rotatable bonds is 11. The van der Waals surface area contributed by atoms with Crippen LogP contribution in [0.1, 0.15) is 17.7 Å². The molecule has 0 saturated heterocycles. The number of sulfonamides is 1. The zero-order valence-electron chi connectivity index (χ0n) is 19.0. The fraction of sp³-hybridized carbons (Fsp3) is 0.217. The second-order valence-electron chi connectivity index (χ2n) is 7.56. The van der Waals surface area contributed by atoms with E-state index < -0.39 is 14.9 Å². The van der Waals surface area contributed by atoms with Crippen molar-refractivity contribution in [2.24, 2.45) is 0 Å². The predicted molar refractivity (Wildman–Crippen MR) is 131 cm³/mol. The van der Waals surface area contributed by atoms with E-state index in [-0.39, 0.29) is 36.8 Å². The zero-order valence-corrected chi connectivity index (χ0v) is 19.8. The summed E-state index contributed by atoms with van der Waals surface area (Å²) in [6.07, 6.45) is 2.11. The van der Waals surface area contributed by atoms with E-state index in [0.29, 0.717) is 12.2 Å². The normalized spacial score (nSPS) is 11.0. The molecule has 0 radical (unpaired) electrons. The first-order chi connectivity index (χ1) is 16.7. The van der Waals surface area contributed by atoms with E-state index in [1.165, 1.54) is 24.3 Å². The van der Waals surface area contributed by atoms with Gasteiger partial charge in [0.1, 0.15) is 0 Å². The molecule has 0 unspecified atom stereocenters. The first kappa shape index (κ1) is 25.4. The highest BCUT2D eigenvalue weighted by Gasteiger charge is 2.20. The molecule has 35 heavy (non-hydrogen) atoms. The molecule has 1 heterocycles. The fourth-order valence-corrected chi connectivity index (χ4v) is 4.15. The number of anilines is 1. The summed E-state index contributed by atoms with van der Waals surface area (Å²) >= 11 is 0. The Morgan fingerprint density at radius 2 is 1.83 bits per heavy atom. The Bertz CT molecular complexity index is 1290. The molecule has 1 amide bonds. The third-order valence-electron chi connectivity index (χ3n) is 4.98. The maximum absolute atomic E-state index is 12.4. The molecular weight excluding hydrogens is 472 g/mol. The van der Waals surface area contributed by atoms with Gasteiger partial charge in [-0.2, -0.15) is 5.10 Å². The number of hydrogen-bond acceptors (Lipinski definition) is 8. The maximum atomic E-state index is 12.4. The fourth-order valence-electron chi connectivity index (χ4n) is 3.17. The molecule has 2 aromatic carbocycles. The van der Waals surface area contributed by atoms with Crippen molar-refractivity contribution in [3.8, 4) is 11.4 Å². The number of nitrogens with one attached hydrogen (secondary N) is 1. The molecule has 0 aliphatic heterocycles. The van der Waals surface area contributed by atoms with Gasteiger partial charge in [0.05, 0.1) is 28.9 Å². The number of hydrogen-bond donors (Lipinski definition) is 1. The SMILES string of the molecule is C=CS(=O)(=O)N(CCCNC(=O)Cc1ccc(-c2ncc(C)nn2)cc1)c1ccc([N+](=O)[O-])cc1. The van der Waals surface area contributed by atoms with Gasteiger partial charge in [-0.25, -0.2) is 13.4 Å². The molecule has 0 saturated carbocycles. The van der Waals surface area contributed by atoms with Crippen LogP contribution in [0.3, 0.4) is 0 Å². The van der Waals surface area contributed by atoms with Crippen LogP contribution in [0.25, 0.3) is 11.4 Å². The molecule has 3 aromatic rings. The van der Waals surface area contributed by atoms with Crippen molar-refractivity contribution in [1.82, 2.24) is 20.5 Å². The van der Waals surface area contributed by atoms with E-state index in [1.807, 2.05) is 24.3 Å². The Morgan fingerprint density at radius 3 is 2.40 bits per heavy atom. The summed E-state index contributed by atoms with van der Waals surface area (Å²) in [5, 5.41) is 22.4. The monoisotopic (exact) mass is 496 g/mol. The molecule has 11 nitrogen and oxygen atoms in total. The smallest absolute Gasteiger partial charge is 0.269 e. The highest BCUT2D eigenvalue weighted by atomic mass is 32.2. The number of carbonyl (C=O) groups excluding carboxylic acids is 1. The van der Waals surface area contributed by atoms with Crippen molar-refractivity contribution < 1.29 is 18.1 Å². The number of carbonyl (C=O) groups is 1. The Hall–Kier alpha value is -4.19. The molecule has 1 N–H and O–H groups in total. The standard InChI is InChI=1S/C23H24N6O5S/c1-3-35(33,34)28(20-9-11-21(12-10-20)29(31)32)14-4-13-24-22(30)15-18-5-7-19(8-6-18)23-25-16-17(2)26-27-23/h3,5-12,16H,1,4,13-15H2,2H3,(H,24,30). The maximum Gasteiger partial charge on any atom is 0.269 e. The lowest BCUT2D eigenvalue weighted by atomic mass is 10.1. The first-order valence-corrected chi connectivity index (χ1v) is 12.1. The van der Waals surface area contributed by atoms with Gasteiger partial charge in [-0.3, -0.25) is 19.2 Å². The second-order valence-corrected chi connectivity index (χ2v) is 9.36. The minimum Gasteiger partial charge on any atom is -0.356 e. The van der Waals surface area contributed by atoms with Crippen molar-refractivity contribution in [2.75, 3.05) is 17.4 Å². The van der Waals surface area contributed by atoms with Crippen molar-refractivity contribution >= 4 is 27.3 Å². The van der Waals surface area contributed by atoms with E-state index in [2.05, 4.69) is 27.1 Å². The van der Waals surface area contributed by atoms with Crippen LogP contribution in [0, 0.1) is 17.0 Å². The zero-order chi connectivity index (χ0) is 25.4. The summed E-state index contributed by atoms with van der Waals surface area (Å²) < 4.78 is 25.9. The van der Waals surface area contributed by atoms with Gasteiger partial charge in [0.25, 0.3) is 15.7 Å². The van der Waals surface area contributed by atoms with Crippen LogP contribution in [0.2, 0.25) is 0 Å². The van der Waals surface area contributed by atoms with Crippen LogP contribution < -0.4 is 9.62 Å². The summed E-state index contributed by atoms with van der Waals surface area (Å²) in [6.45, 7) is 5.45. The molecule has 0 aliphatic carbocycles. The molecule has 0 spiro atoms. The summed E-state index contributed by atoms with van der Waals surface area (Å²) in [5.41, 5.74) is 2.44. The third kappa shape index (κ3) is 6.90. The number of aryl methyl sites for hydroxylation is 1. The van der Waals surface area contributed by atoms with Crippen LogP contribution in [-0.2, 0) is 21.2 Å². The summed E-state index contributed by atoms with van der Waals surface area (Å²) in [5.74, 6) is 0.290. The quantitative estimate of drug-likeness (QED) is 0.242. The summed E-state index contributed by atoms with van der Waals surface area (Å²) in [4.78, 5) is 26.8. The van der Waals surface area contributed by atoms with E-state index in [9.17, 15) is 23.3 Å². The average Bonchev–Trinajstić information content (AvgIpc) is 2.85. The third-order valence-corrected chi connectivity index (χ3v) is 6.41. The van der Waals surface area contributed by atoms with Gasteiger partial charge < -0.3 is 5.32 Å². The van der Waals surface area contributed by atoms with Crippen molar-refractivity contribution in [1.29, 1.82) is 0 Å². The molecule has 0 aliphatic rings. The molecule has 3 rings (SSSR count). The molecule has 1 aromatic heterocycles. The molecular formula is C23H24N6O5S.